The van der Waals surface area contributed by atoms with E-state index in [4.69, 9.17) is 21.3 Å². The van der Waals surface area contributed by atoms with Crippen molar-refractivity contribution in [3.05, 3.63) is 88.7 Å². The third-order valence-electron chi connectivity index (χ3n) is 4.98. The largest absolute Gasteiger partial charge is 0.497 e. The predicted molar refractivity (Wildman–Crippen MR) is 119 cm³/mol. The summed E-state index contributed by atoms with van der Waals surface area (Å²) in [6, 6.07) is 16.8. The number of aromatic nitrogens is 2. The van der Waals surface area contributed by atoms with Crippen molar-refractivity contribution in [3.63, 3.8) is 0 Å². The third-order valence-corrected chi connectivity index (χ3v) is 5.39. The van der Waals surface area contributed by atoms with Gasteiger partial charge in [0.25, 0.3) is 5.91 Å². The molecule has 0 bridgehead atoms. The summed E-state index contributed by atoms with van der Waals surface area (Å²) in [5, 5.41) is 4.38. The number of rotatable bonds is 5. The van der Waals surface area contributed by atoms with Gasteiger partial charge >= 0.3 is 0 Å². The molecule has 6 heteroatoms. The number of nitrogens with one attached hydrogen (secondary N) is 1. The minimum atomic E-state index is -0.176. The zero-order valence-corrected chi connectivity index (χ0v) is 17.4. The van der Waals surface area contributed by atoms with Gasteiger partial charge in [0.05, 0.1) is 23.9 Å². The third kappa shape index (κ3) is 3.98. The minimum absolute atomic E-state index is 0.176. The molecule has 4 rings (SSSR count). The first-order valence-electron chi connectivity index (χ1n) is 9.48. The van der Waals surface area contributed by atoms with E-state index in [9.17, 15) is 4.79 Å². The van der Waals surface area contributed by atoms with E-state index in [1.807, 2.05) is 49.4 Å². The average molecular weight is 418 g/mol. The molecule has 2 aromatic heterocycles. The van der Waals surface area contributed by atoms with Crippen LogP contribution in [0.25, 0.3) is 22.2 Å². The molecular weight excluding hydrogens is 398 g/mol. The Labute approximate surface area is 179 Å². The summed E-state index contributed by atoms with van der Waals surface area (Å²) in [6.07, 6.45) is 3.43. The van der Waals surface area contributed by atoms with Gasteiger partial charge in [-0.25, -0.2) is 4.98 Å². The maximum atomic E-state index is 13.1. The summed E-state index contributed by atoms with van der Waals surface area (Å²) in [7, 11) is 1.62. The normalized spacial score (nSPS) is 10.8. The van der Waals surface area contributed by atoms with E-state index in [0.29, 0.717) is 28.3 Å². The molecule has 0 atom stereocenters. The van der Waals surface area contributed by atoms with Crippen molar-refractivity contribution >= 4 is 28.4 Å². The number of hydrogen-bond donors (Lipinski definition) is 1. The van der Waals surface area contributed by atoms with E-state index in [0.717, 1.165) is 27.8 Å². The monoisotopic (exact) mass is 417 g/mol. The Kier molecular flexibility index (Phi) is 5.63. The van der Waals surface area contributed by atoms with Gasteiger partial charge < -0.3 is 10.1 Å². The van der Waals surface area contributed by atoms with Crippen molar-refractivity contribution < 1.29 is 9.53 Å². The maximum Gasteiger partial charge on any atom is 0.252 e. The van der Waals surface area contributed by atoms with Crippen LogP contribution in [0.5, 0.6) is 5.75 Å². The number of pyridine rings is 2. The highest BCUT2D eigenvalue weighted by atomic mass is 35.5. The van der Waals surface area contributed by atoms with Crippen molar-refractivity contribution in [1.29, 1.82) is 0 Å². The fourth-order valence-electron chi connectivity index (χ4n) is 3.28. The van der Waals surface area contributed by atoms with E-state index in [-0.39, 0.29) is 5.91 Å². The zero-order chi connectivity index (χ0) is 21.1. The molecule has 0 aliphatic carbocycles. The first kappa shape index (κ1) is 19.9. The molecule has 0 saturated heterocycles. The summed E-state index contributed by atoms with van der Waals surface area (Å²) in [6.45, 7) is 2.31. The number of fused-ring (bicyclic) bond motifs is 1. The van der Waals surface area contributed by atoms with Crippen LogP contribution < -0.4 is 10.1 Å². The summed E-state index contributed by atoms with van der Waals surface area (Å²) in [5.74, 6) is 0.601. The van der Waals surface area contributed by atoms with Gasteiger partial charge in [-0.3, -0.25) is 9.78 Å². The van der Waals surface area contributed by atoms with Crippen LogP contribution in [0.4, 0.5) is 0 Å². The van der Waals surface area contributed by atoms with E-state index >= 15 is 0 Å². The quantitative estimate of drug-likeness (QED) is 0.485. The first-order valence-corrected chi connectivity index (χ1v) is 9.86. The van der Waals surface area contributed by atoms with Crippen molar-refractivity contribution in [3.8, 4) is 17.0 Å². The summed E-state index contributed by atoms with van der Waals surface area (Å²) >= 11 is 6.32. The zero-order valence-electron chi connectivity index (χ0n) is 16.6. The molecule has 5 nitrogen and oxygen atoms in total. The van der Waals surface area contributed by atoms with Gasteiger partial charge in [0, 0.05) is 34.9 Å². The van der Waals surface area contributed by atoms with Gasteiger partial charge in [0.2, 0.25) is 0 Å². The van der Waals surface area contributed by atoms with Crippen LogP contribution in [0, 0.1) is 6.92 Å². The molecular formula is C24H20ClN3O2. The summed E-state index contributed by atoms with van der Waals surface area (Å²) in [5.41, 5.74) is 4.59. The van der Waals surface area contributed by atoms with Gasteiger partial charge in [-0.15, -0.1) is 0 Å². The Morgan fingerprint density at radius 2 is 1.93 bits per heavy atom. The van der Waals surface area contributed by atoms with Crippen LogP contribution in [0.3, 0.4) is 0 Å². The lowest BCUT2D eigenvalue weighted by Crippen LogP contribution is -2.23. The number of carbonyl (C=O) groups is 1. The minimum Gasteiger partial charge on any atom is -0.497 e. The highest BCUT2D eigenvalue weighted by molar-refractivity contribution is 6.32. The van der Waals surface area contributed by atoms with Gasteiger partial charge in [0.1, 0.15) is 5.75 Å². The molecule has 0 unspecified atom stereocenters. The molecule has 0 spiro atoms. The molecule has 0 aliphatic heterocycles. The Bertz CT molecular complexity index is 1210. The number of aryl methyl sites for hydroxylation is 1. The summed E-state index contributed by atoms with van der Waals surface area (Å²) in [4.78, 5) is 22.1. The van der Waals surface area contributed by atoms with Crippen molar-refractivity contribution in [1.82, 2.24) is 15.3 Å². The molecule has 30 heavy (non-hydrogen) atoms. The smallest absolute Gasteiger partial charge is 0.252 e. The lowest BCUT2D eigenvalue weighted by molar-refractivity contribution is 0.0952. The van der Waals surface area contributed by atoms with Crippen LogP contribution >= 0.6 is 11.6 Å². The molecule has 0 saturated carbocycles. The number of methoxy groups -OCH3 is 1. The number of hydrogen-bond acceptors (Lipinski definition) is 4. The number of halogens is 1. The second-order valence-corrected chi connectivity index (χ2v) is 7.30. The topological polar surface area (TPSA) is 64.1 Å². The fraction of sp³-hybridized carbons (Fsp3) is 0.125. The predicted octanol–water partition coefficient (Wildman–Crippen LogP) is 5.20. The van der Waals surface area contributed by atoms with Gasteiger partial charge in [-0.05, 0) is 54.4 Å². The highest BCUT2D eigenvalue weighted by Crippen LogP contribution is 2.30. The standard InChI is InChI=1S/C24H20ClN3O2/c1-15-21(25)10-9-19-20(12-22(28-23(15)19)17-4-3-11-26-14-17)24(29)27-13-16-5-7-18(30-2)8-6-16/h3-12,14H,13H2,1-2H3,(H,27,29). The molecule has 0 radical (unpaired) electrons. The van der Waals surface area contributed by atoms with Crippen LogP contribution in [-0.2, 0) is 6.54 Å². The van der Waals surface area contributed by atoms with Gasteiger partial charge in [0.15, 0.2) is 0 Å². The fourth-order valence-corrected chi connectivity index (χ4v) is 3.43. The second kappa shape index (κ2) is 8.51. The van der Waals surface area contributed by atoms with E-state index in [1.54, 1.807) is 31.6 Å². The number of nitrogens with zero attached hydrogens (tertiary/aromatic N) is 2. The molecule has 0 fully saturated rings. The second-order valence-electron chi connectivity index (χ2n) is 6.90. The number of amides is 1. The first-order chi connectivity index (χ1) is 14.6. The van der Waals surface area contributed by atoms with Gasteiger partial charge in [-0.2, -0.15) is 0 Å². The number of carbonyl (C=O) groups excluding carboxylic acids is 1. The Morgan fingerprint density at radius 1 is 1.13 bits per heavy atom. The van der Waals surface area contributed by atoms with Crippen molar-refractivity contribution in [2.75, 3.05) is 7.11 Å². The van der Waals surface area contributed by atoms with Crippen molar-refractivity contribution in [2.45, 2.75) is 13.5 Å². The van der Waals surface area contributed by atoms with Crippen LogP contribution in [0.2, 0.25) is 5.02 Å². The Balaban J connectivity index is 1.72. The van der Waals surface area contributed by atoms with Crippen LogP contribution in [-0.4, -0.2) is 23.0 Å². The molecule has 2 heterocycles. The van der Waals surface area contributed by atoms with E-state index < -0.39 is 0 Å². The van der Waals surface area contributed by atoms with Crippen LogP contribution in [0.15, 0.2) is 67.0 Å². The lowest BCUT2D eigenvalue weighted by Gasteiger charge is -2.13. The summed E-state index contributed by atoms with van der Waals surface area (Å²) < 4.78 is 5.18. The SMILES string of the molecule is COc1ccc(CNC(=O)c2cc(-c3cccnc3)nc3c(C)c(Cl)ccc23)cc1. The Hall–Kier alpha value is -3.44. The van der Waals surface area contributed by atoms with Crippen molar-refractivity contribution in [2.24, 2.45) is 0 Å². The molecule has 1 amide bonds. The number of benzene rings is 2. The number of ether oxygens (including phenoxy) is 1. The van der Waals surface area contributed by atoms with E-state index in [1.165, 1.54) is 0 Å². The average Bonchev–Trinajstić information content (AvgIpc) is 2.80. The molecule has 0 aliphatic rings. The molecule has 1 N–H and O–H groups in total. The lowest BCUT2D eigenvalue weighted by atomic mass is 10.0. The van der Waals surface area contributed by atoms with E-state index in [2.05, 4.69) is 10.3 Å². The molecule has 4 aromatic rings. The van der Waals surface area contributed by atoms with Crippen LogP contribution in [0.1, 0.15) is 21.5 Å². The molecule has 150 valence electrons. The highest BCUT2D eigenvalue weighted by Gasteiger charge is 2.16. The van der Waals surface area contributed by atoms with Gasteiger partial charge in [-0.1, -0.05) is 29.8 Å². The maximum absolute atomic E-state index is 13.1. The molecule has 2 aromatic carbocycles. The Morgan fingerprint density at radius 3 is 2.63 bits per heavy atom.